The van der Waals surface area contributed by atoms with Gasteiger partial charge in [-0.1, -0.05) is 36.8 Å². The van der Waals surface area contributed by atoms with Crippen LogP contribution in [0.25, 0.3) is 0 Å². The van der Waals surface area contributed by atoms with Gasteiger partial charge in [-0.2, -0.15) is 0 Å². The van der Waals surface area contributed by atoms with Crippen LogP contribution in [0, 0.1) is 17.8 Å². The Balaban J connectivity index is 1.28. The number of nitrogens with zero attached hydrogens (tertiary/aromatic N) is 1. The third-order valence-corrected chi connectivity index (χ3v) is 8.85. The molecule has 1 N–H and O–H groups in total. The van der Waals surface area contributed by atoms with E-state index in [1.165, 1.54) is 24.8 Å². The molecule has 1 saturated heterocycles. The van der Waals surface area contributed by atoms with E-state index in [0.29, 0.717) is 31.5 Å². The average molecular weight is 405 g/mol. The first-order chi connectivity index (χ1) is 13.5. The van der Waals surface area contributed by atoms with Crippen LogP contribution in [0.4, 0.5) is 0 Å². The summed E-state index contributed by atoms with van der Waals surface area (Å²) in [6.07, 6.45) is 7.88. The number of sulfonamides is 1. The van der Waals surface area contributed by atoms with E-state index in [1.54, 1.807) is 4.31 Å². The number of fused-ring (bicyclic) bond motifs is 2. The Morgan fingerprint density at radius 3 is 2.64 bits per heavy atom. The summed E-state index contributed by atoms with van der Waals surface area (Å²) >= 11 is 0. The molecule has 1 aliphatic heterocycles. The van der Waals surface area contributed by atoms with Crippen LogP contribution in [0.1, 0.15) is 50.5 Å². The quantitative estimate of drug-likeness (QED) is 0.760. The van der Waals surface area contributed by atoms with Crippen molar-refractivity contribution in [1.29, 1.82) is 0 Å². The molecule has 0 aromatic heterocycles. The van der Waals surface area contributed by atoms with Crippen molar-refractivity contribution in [2.24, 2.45) is 17.8 Å². The minimum atomic E-state index is -3.30. The maximum Gasteiger partial charge on any atom is 0.224 e. The molecule has 2 saturated carbocycles. The molecule has 0 unspecified atom stereocenters. The Labute approximate surface area is 168 Å². The van der Waals surface area contributed by atoms with Crippen molar-refractivity contribution in [3.05, 3.63) is 35.9 Å². The van der Waals surface area contributed by atoms with Gasteiger partial charge in [0.15, 0.2) is 0 Å². The van der Waals surface area contributed by atoms with E-state index in [0.717, 1.165) is 31.6 Å². The number of rotatable bonds is 7. The maximum absolute atomic E-state index is 12.8. The van der Waals surface area contributed by atoms with Crippen LogP contribution in [-0.4, -0.2) is 43.5 Å². The van der Waals surface area contributed by atoms with Gasteiger partial charge >= 0.3 is 0 Å². The summed E-state index contributed by atoms with van der Waals surface area (Å²) < 4.78 is 27.1. The molecule has 6 heteroatoms. The molecule has 5 nitrogen and oxygen atoms in total. The largest absolute Gasteiger partial charge is 0.353 e. The van der Waals surface area contributed by atoms with Crippen LogP contribution in [0.5, 0.6) is 0 Å². The van der Waals surface area contributed by atoms with Gasteiger partial charge in [0, 0.05) is 19.1 Å². The van der Waals surface area contributed by atoms with E-state index in [9.17, 15) is 13.2 Å². The van der Waals surface area contributed by atoms with Crippen LogP contribution in [-0.2, 0) is 21.2 Å². The second kappa shape index (κ2) is 8.54. The highest BCUT2D eigenvalue weighted by Gasteiger charge is 2.41. The van der Waals surface area contributed by atoms with Gasteiger partial charge in [-0.15, -0.1) is 0 Å². The standard InChI is InChI=1S/C22H32N2O3S/c25-22(23-21-15-18-10-11-19(21)14-18)20-9-4-12-24(16-20)28(26,27)13-5-8-17-6-2-1-3-7-17/h1-3,6-7,18-21H,4-5,8-16H2,(H,23,25)/t18-,19-,20-,21+/m1/s1. The molecule has 0 radical (unpaired) electrons. The number of nitrogens with one attached hydrogen (secondary N) is 1. The fraction of sp³-hybridized carbons (Fsp3) is 0.682. The van der Waals surface area contributed by atoms with Crippen molar-refractivity contribution in [3.63, 3.8) is 0 Å². The monoisotopic (exact) mass is 404 g/mol. The lowest BCUT2D eigenvalue weighted by Crippen LogP contribution is -2.49. The molecule has 1 aromatic carbocycles. The number of hydrogen-bond acceptors (Lipinski definition) is 3. The molecule has 1 amide bonds. The molecule has 1 aromatic rings. The smallest absolute Gasteiger partial charge is 0.224 e. The van der Waals surface area contributed by atoms with Gasteiger partial charge in [-0.25, -0.2) is 12.7 Å². The predicted molar refractivity (Wildman–Crippen MR) is 110 cm³/mol. The normalized spacial score (nSPS) is 30.4. The Morgan fingerprint density at radius 2 is 1.93 bits per heavy atom. The lowest BCUT2D eigenvalue weighted by atomic mass is 9.93. The molecule has 3 aliphatic rings. The number of amides is 1. The van der Waals surface area contributed by atoms with Gasteiger partial charge in [0.05, 0.1) is 11.7 Å². The third kappa shape index (κ3) is 4.60. The Hall–Kier alpha value is -1.40. The fourth-order valence-electron chi connectivity index (χ4n) is 5.36. The average Bonchev–Trinajstić information content (AvgIpc) is 3.32. The molecule has 1 heterocycles. The molecule has 4 atom stereocenters. The van der Waals surface area contributed by atoms with Crippen molar-refractivity contribution in [3.8, 4) is 0 Å². The third-order valence-electron chi connectivity index (χ3n) is 6.92. The van der Waals surface area contributed by atoms with Gasteiger partial charge in [-0.05, 0) is 62.3 Å². The van der Waals surface area contributed by atoms with E-state index < -0.39 is 10.0 Å². The molecule has 2 aliphatic carbocycles. The van der Waals surface area contributed by atoms with Crippen LogP contribution < -0.4 is 5.32 Å². The first-order valence-corrected chi connectivity index (χ1v) is 12.4. The van der Waals surface area contributed by atoms with Crippen molar-refractivity contribution < 1.29 is 13.2 Å². The highest BCUT2D eigenvalue weighted by molar-refractivity contribution is 7.89. The summed E-state index contributed by atoms with van der Waals surface area (Å²) in [7, 11) is -3.30. The van der Waals surface area contributed by atoms with Crippen LogP contribution in [0.2, 0.25) is 0 Å². The van der Waals surface area contributed by atoms with E-state index in [1.807, 2.05) is 30.3 Å². The van der Waals surface area contributed by atoms with E-state index in [2.05, 4.69) is 5.32 Å². The Kier molecular flexibility index (Phi) is 6.07. The lowest BCUT2D eigenvalue weighted by molar-refractivity contribution is -0.127. The van der Waals surface area contributed by atoms with E-state index >= 15 is 0 Å². The van der Waals surface area contributed by atoms with Gasteiger partial charge in [-0.3, -0.25) is 4.79 Å². The molecular formula is C22H32N2O3S. The van der Waals surface area contributed by atoms with Crippen molar-refractivity contribution in [2.75, 3.05) is 18.8 Å². The number of hydrogen-bond donors (Lipinski definition) is 1. The molecule has 3 fully saturated rings. The minimum absolute atomic E-state index is 0.0711. The second-order valence-corrected chi connectivity index (χ2v) is 11.0. The lowest BCUT2D eigenvalue weighted by Gasteiger charge is -2.33. The Bertz CT molecular complexity index is 780. The number of carbonyl (C=O) groups is 1. The summed E-state index contributed by atoms with van der Waals surface area (Å²) in [6.45, 7) is 0.895. The second-order valence-electron chi connectivity index (χ2n) is 8.89. The number of carbonyl (C=O) groups excluding carboxylic acids is 1. The SMILES string of the molecule is O=C(N[C@H]1C[C@@H]2CC[C@@H]1C2)[C@@H]1CCCN(S(=O)(=O)CCCc2ccccc2)C1. The highest BCUT2D eigenvalue weighted by Crippen LogP contribution is 2.44. The van der Waals surface area contributed by atoms with Crippen LogP contribution in [0.3, 0.4) is 0 Å². The summed E-state index contributed by atoms with van der Waals surface area (Å²) in [5.41, 5.74) is 1.17. The van der Waals surface area contributed by atoms with Crippen molar-refractivity contribution >= 4 is 15.9 Å². The maximum atomic E-state index is 12.8. The van der Waals surface area contributed by atoms with Gasteiger partial charge in [0.2, 0.25) is 15.9 Å². The highest BCUT2D eigenvalue weighted by atomic mass is 32.2. The number of benzene rings is 1. The van der Waals surface area contributed by atoms with Gasteiger partial charge < -0.3 is 5.32 Å². The molecule has 4 rings (SSSR count). The van der Waals surface area contributed by atoms with Crippen molar-refractivity contribution in [1.82, 2.24) is 9.62 Å². The first kappa shape index (κ1) is 19.9. The zero-order valence-electron chi connectivity index (χ0n) is 16.6. The number of piperidine rings is 1. The molecule has 0 spiro atoms. The molecule has 154 valence electrons. The molecular weight excluding hydrogens is 372 g/mol. The zero-order chi connectivity index (χ0) is 19.6. The van der Waals surface area contributed by atoms with Gasteiger partial charge in [0.25, 0.3) is 0 Å². The minimum Gasteiger partial charge on any atom is -0.353 e. The number of aryl methyl sites for hydroxylation is 1. The van der Waals surface area contributed by atoms with E-state index in [-0.39, 0.29) is 17.6 Å². The molecule has 2 bridgehead atoms. The summed E-state index contributed by atoms with van der Waals surface area (Å²) in [5.74, 6) is 1.47. The summed E-state index contributed by atoms with van der Waals surface area (Å²) in [6, 6.07) is 10.3. The zero-order valence-corrected chi connectivity index (χ0v) is 17.4. The summed E-state index contributed by atoms with van der Waals surface area (Å²) in [5, 5.41) is 3.26. The van der Waals surface area contributed by atoms with Crippen LogP contribution in [0.15, 0.2) is 30.3 Å². The topological polar surface area (TPSA) is 66.5 Å². The molecule has 28 heavy (non-hydrogen) atoms. The first-order valence-electron chi connectivity index (χ1n) is 10.8. The predicted octanol–water partition coefficient (Wildman–Crippen LogP) is 2.97. The van der Waals surface area contributed by atoms with Gasteiger partial charge in [0.1, 0.15) is 0 Å². The van der Waals surface area contributed by atoms with Crippen molar-refractivity contribution in [2.45, 2.75) is 57.4 Å². The van der Waals surface area contributed by atoms with E-state index in [4.69, 9.17) is 0 Å². The summed E-state index contributed by atoms with van der Waals surface area (Å²) in [4.78, 5) is 12.8. The fourth-order valence-corrected chi connectivity index (χ4v) is 6.95. The van der Waals surface area contributed by atoms with Crippen LogP contribution >= 0.6 is 0 Å². The Morgan fingerprint density at radius 1 is 1.11 bits per heavy atom.